The van der Waals surface area contributed by atoms with Crippen LogP contribution in [0.3, 0.4) is 0 Å². The Morgan fingerprint density at radius 1 is 1.33 bits per heavy atom. The highest BCUT2D eigenvalue weighted by atomic mass is 79.9. The SMILES string of the molecule is Cc1cccc(NC(=O)c2cnc(N)cn2)c1Br. The highest BCUT2D eigenvalue weighted by molar-refractivity contribution is 9.10. The van der Waals surface area contributed by atoms with Crippen LogP contribution in [0, 0.1) is 6.92 Å². The van der Waals surface area contributed by atoms with Crippen LogP contribution in [0.15, 0.2) is 35.1 Å². The zero-order valence-corrected chi connectivity index (χ0v) is 11.2. The minimum Gasteiger partial charge on any atom is -0.382 e. The summed E-state index contributed by atoms with van der Waals surface area (Å²) in [5.41, 5.74) is 7.36. The van der Waals surface area contributed by atoms with Crippen molar-refractivity contribution >= 4 is 33.3 Å². The number of carbonyl (C=O) groups excluding carboxylic acids is 1. The van der Waals surface area contributed by atoms with Gasteiger partial charge in [-0.15, -0.1) is 0 Å². The van der Waals surface area contributed by atoms with E-state index in [1.54, 1.807) is 6.07 Å². The minimum absolute atomic E-state index is 0.220. The number of hydrogen-bond donors (Lipinski definition) is 2. The second kappa shape index (κ2) is 5.14. The molecule has 0 atom stereocenters. The van der Waals surface area contributed by atoms with Gasteiger partial charge in [0.15, 0.2) is 0 Å². The number of anilines is 2. The van der Waals surface area contributed by atoms with Gasteiger partial charge < -0.3 is 11.1 Å². The van der Waals surface area contributed by atoms with E-state index >= 15 is 0 Å². The Morgan fingerprint density at radius 2 is 2.11 bits per heavy atom. The molecule has 0 aliphatic carbocycles. The van der Waals surface area contributed by atoms with E-state index in [-0.39, 0.29) is 17.4 Å². The van der Waals surface area contributed by atoms with Gasteiger partial charge in [-0.1, -0.05) is 12.1 Å². The maximum atomic E-state index is 11.9. The Hall–Kier alpha value is -1.95. The quantitative estimate of drug-likeness (QED) is 0.892. The summed E-state index contributed by atoms with van der Waals surface area (Å²) >= 11 is 3.42. The van der Waals surface area contributed by atoms with Crippen LogP contribution in [0.1, 0.15) is 16.1 Å². The number of aromatic nitrogens is 2. The lowest BCUT2D eigenvalue weighted by Gasteiger charge is -2.08. The maximum absolute atomic E-state index is 11.9. The van der Waals surface area contributed by atoms with Crippen LogP contribution < -0.4 is 11.1 Å². The van der Waals surface area contributed by atoms with Crippen molar-refractivity contribution in [2.45, 2.75) is 6.92 Å². The first-order valence-corrected chi connectivity index (χ1v) is 6.01. The van der Waals surface area contributed by atoms with E-state index in [0.29, 0.717) is 5.69 Å². The summed E-state index contributed by atoms with van der Waals surface area (Å²) in [5, 5.41) is 2.76. The molecular weight excluding hydrogens is 296 g/mol. The van der Waals surface area contributed by atoms with E-state index in [4.69, 9.17) is 5.73 Å². The lowest BCUT2D eigenvalue weighted by molar-refractivity contribution is 0.102. The summed E-state index contributed by atoms with van der Waals surface area (Å²) in [6.45, 7) is 1.95. The molecule has 0 saturated heterocycles. The monoisotopic (exact) mass is 306 g/mol. The Labute approximate surface area is 113 Å². The molecule has 92 valence electrons. The fourth-order valence-electron chi connectivity index (χ4n) is 1.39. The molecule has 5 nitrogen and oxygen atoms in total. The summed E-state index contributed by atoms with van der Waals surface area (Å²) in [4.78, 5) is 19.6. The molecule has 1 aromatic carbocycles. The highest BCUT2D eigenvalue weighted by Gasteiger charge is 2.10. The second-order valence-corrected chi connectivity index (χ2v) is 4.51. The number of nitrogen functional groups attached to an aromatic ring is 1. The smallest absolute Gasteiger partial charge is 0.275 e. The number of halogens is 1. The molecule has 18 heavy (non-hydrogen) atoms. The van der Waals surface area contributed by atoms with Crippen molar-refractivity contribution < 1.29 is 4.79 Å². The number of nitrogens with one attached hydrogen (secondary N) is 1. The zero-order valence-electron chi connectivity index (χ0n) is 9.64. The number of rotatable bonds is 2. The molecule has 0 bridgehead atoms. The predicted molar refractivity (Wildman–Crippen MR) is 73.3 cm³/mol. The van der Waals surface area contributed by atoms with Gasteiger partial charge in [-0.25, -0.2) is 9.97 Å². The molecule has 0 spiro atoms. The highest BCUT2D eigenvalue weighted by Crippen LogP contribution is 2.25. The normalized spacial score (nSPS) is 10.1. The van der Waals surface area contributed by atoms with Crippen molar-refractivity contribution in [1.82, 2.24) is 9.97 Å². The fraction of sp³-hybridized carbons (Fsp3) is 0.0833. The topological polar surface area (TPSA) is 80.9 Å². The molecule has 0 radical (unpaired) electrons. The van der Waals surface area contributed by atoms with Gasteiger partial charge in [0.25, 0.3) is 5.91 Å². The number of carbonyl (C=O) groups is 1. The Bertz CT molecular complexity index is 583. The van der Waals surface area contributed by atoms with Gasteiger partial charge >= 0.3 is 0 Å². The number of benzene rings is 1. The lowest BCUT2D eigenvalue weighted by Crippen LogP contribution is -2.14. The standard InChI is InChI=1S/C12H11BrN4O/c1-7-3-2-4-8(11(7)13)17-12(18)9-5-16-10(14)6-15-9/h2-6H,1H3,(H2,14,16)(H,17,18). The second-order valence-electron chi connectivity index (χ2n) is 3.72. The van der Waals surface area contributed by atoms with Crippen molar-refractivity contribution in [3.8, 4) is 0 Å². The van der Waals surface area contributed by atoms with Crippen molar-refractivity contribution in [2.75, 3.05) is 11.1 Å². The zero-order chi connectivity index (χ0) is 13.1. The summed E-state index contributed by atoms with van der Waals surface area (Å²) in [6.07, 6.45) is 2.69. The van der Waals surface area contributed by atoms with Crippen LogP contribution in [-0.2, 0) is 0 Å². The van der Waals surface area contributed by atoms with Crippen molar-refractivity contribution in [3.05, 3.63) is 46.3 Å². The van der Waals surface area contributed by atoms with Gasteiger partial charge in [-0.3, -0.25) is 4.79 Å². The molecular formula is C12H11BrN4O. The first-order valence-electron chi connectivity index (χ1n) is 5.22. The lowest BCUT2D eigenvalue weighted by atomic mass is 10.2. The number of aryl methyl sites for hydroxylation is 1. The van der Waals surface area contributed by atoms with E-state index < -0.39 is 0 Å². The summed E-state index contributed by atoms with van der Waals surface area (Å²) in [6, 6.07) is 5.62. The minimum atomic E-state index is -0.325. The van der Waals surface area contributed by atoms with Crippen LogP contribution in [0.2, 0.25) is 0 Å². The number of nitrogens with two attached hydrogens (primary N) is 1. The molecule has 1 aromatic heterocycles. The first-order chi connectivity index (χ1) is 8.58. The maximum Gasteiger partial charge on any atom is 0.275 e. The van der Waals surface area contributed by atoms with Crippen LogP contribution >= 0.6 is 15.9 Å². The molecule has 1 amide bonds. The Kier molecular flexibility index (Phi) is 3.57. The van der Waals surface area contributed by atoms with Crippen LogP contribution in [-0.4, -0.2) is 15.9 Å². The fourth-order valence-corrected chi connectivity index (χ4v) is 1.75. The van der Waals surface area contributed by atoms with Gasteiger partial charge in [0.1, 0.15) is 11.5 Å². The number of amides is 1. The predicted octanol–water partition coefficient (Wildman–Crippen LogP) is 2.38. The molecule has 0 unspecified atom stereocenters. The molecule has 0 saturated carbocycles. The van der Waals surface area contributed by atoms with E-state index in [9.17, 15) is 4.79 Å². The molecule has 3 N–H and O–H groups in total. The van der Waals surface area contributed by atoms with Gasteiger partial charge in [0, 0.05) is 4.47 Å². The van der Waals surface area contributed by atoms with Gasteiger partial charge in [-0.05, 0) is 34.5 Å². The van der Waals surface area contributed by atoms with Gasteiger partial charge in [-0.2, -0.15) is 0 Å². The molecule has 2 aromatic rings. The summed E-state index contributed by atoms with van der Waals surface area (Å²) in [5.74, 6) is -0.0444. The largest absolute Gasteiger partial charge is 0.382 e. The molecule has 2 rings (SSSR count). The first kappa shape index (κ1) is 12.5. The van der Waals surface area contributed by atoms with Gasteiger partial charge in [0.2, 0.25) is 0 Å². The summed E-state index contributed by atoms with van der Waals surface area (Å²) < 4.78 is 0.849. The molecule has 0 aliphatic heterocycles. The third-order valence-electron chi connectivity index (χ3n) is 2.34. The van der Waals surface area contributed by atoms with Crippen LogP contribution in [0.5, 0.6) is 0 Å². The van der Waals surface area contributed by atoms with E-state index in [0.717, 1.165) is 10.0 Å². The third kappa shape index (κ3) is 2.65. The van der Waals surface area contributed by atoms with Crippen molar-refractivity contribution in [2.24, 2.45) is 0 Å². The Morgan fingerprint density at radius 3 is 2.78 bits per heavy atom. The molecule has 0 aliphatic rings. The van der Waals surface area contributed by atoms with Crippen LogP contribution in [0.4, 0.5) is 11.5 Å². The average Bonchev–Trinajstić information content (AvgIpc) is 2.36. The van der Waals surface area contributed by atoms with Gasteiger partial charge in [0.05, 0.1) is 18.1 Å². The van der Waals surface area contributed by atoms with Crippen molar-refractivity contribution in [1.29, 1.82) is 0 Å². The van der Waals surface area contributed by atoms with E-state index in [2.05, 4.69) is 31.2 Å². The third-order valence-corrected chi connectivity index (χ3v) is 3.40. The van der Waals surface area contributed by atoms with E-state index in [1.807, 2.05) is 19.1 Å². The molecule has 0 fully saturated rings. The number of hydrogen-bond acceptors (Lipinski definition) is 4. The molecule has 6 heteroatoms. The van der Waals surface area contributed by atoms with Crippen LogP contribution in [0.25, 0.3) is 0 Å². The average molecular weight is 307 g/mol. The Balaban J connectivity index is 2.21. The summed E-state index contributed by atoms with van der Waals surface area (Å²) in [7, 11) is 0. The van der Waals surface area contributed by atoms with Crippen molar-refractivity contribution in [3.63, 3.8) is 0 Å². The number of nitrogens with zero attached hydrogens (tertiary/aromatic N) is 2. The molecule has 1 heterocycles. The van der Waals surface area contributed by atoms with E-state index in [1.165, 1.54) is 12.4 Å².